The second-order valence-electron chi connectivity index (χ2n) is 5.68. The zero-order valence-corrected chi connectivity index (χ0v) is 13.7. The quantitative estimate of drug-likeness (QED) is 0.584. The van der Waals surface area contributed by atoms with Gasteiger partial charge in [0.25, 0.3) is 0 Å². The first-order chi connectivity index (χ1) is 12.3. The number of H-pyrrole nitrogens is 1. The second-order valence-corrected chi connectivity index (χ2v) is 5.68. The summed E-state index contributed by atoms with van der Waals surface area (Å²) < 4.78 is 5.07. The van der Waals surface area contributed by atoms with Crippen LogP contribution in [-0.2, 0) is 6.54 Å². The van der Waals surface area contributed by atoms with Crippen molar-refractivity contribution in [1.29, 1.82) is 0 Å². The van der Waals surface area contributed by atoms with Crippen molar-refractivity contribution < 1.29 is 4.74 Å². The van der Waals surface area contributed by atoms with Crippen LogP contribution in [0.25, 0.3) is 21.9 Å². The molecule has 0 fully saturated rings. The maximum absolute atomic E-state index is 5.07. The second kappa shape index (κ2) is 6.60. The largest absolute Gasteiger partial charge is 0.481 e. The summed E-state index contributed by atoms with van der Waals surface area (Å²) in [6.07, 6.45) is 7.38. The number of aromatic amines is 1. The van der Waals surface area contributed by atoms with E-state index in [0.717, 1.165) is 33.3 Å². The Hall–Kier alpha value is -3.41. The van der Waals surface area contributed by atoms with Gasteiger partial charge in [0.05, 0.1) is 13.3 Å². The molecule has 0 atom stereocenters. The smallest absolute Gasteiger partial charge is 0.212 e. The van der Waals surface area contributed by atoms with Crippen LogP contribution >= 0.6 is 0 Å². The van der Waals surface area contributed by atoms with E-state index in [2.05, 4.69) is 49.7 Å². The SMILES string of the molecule is COc1ccc(CNc2cc3cc(-c4cn[nH]c4)ccc3cn2)cn1. The number of rotatable bonds is 5. The Morgan fingerprint density at radius 3 is 2.68 bits per heavy atom. The predicted octanol–water partition coefficient (Wildman–Crippen LogP) is 3.64. The first-order valence-electron chi connectivity index (χ1n) is 7.93. The Morgan fingerprint density at radius 2 is 1.92 bits per heavy atom. The van der Waals surface area contributed by atoms with Crippen molar-refractivity contribution >= 4 is 16.6 Å². The van der Waals surface area contributed by atoms with E-state index in [-0.39, 0.29) is 0 Å². The Balaban J connectivity index is 1.55. The normalized spacial score (nSPS) is 10.8. The number of nitrogens with zero attached hydrogens (tertiary/aromatic N) is 3. The van der Waals surface area contributed by atoms with Crippen molar-refractivity contribution in [2.24, 2.45) is 0 Å². The lowest BCUT2D eigenvalue weighted by atomic mass is 10.1. The summed E-state index contributed by atoms with van der Waals surface area (Å²) in [6, 6.07) is 12.2. The van der Waals surface area contributed by atoms with Gasteiger partial charge in [-0.3, -0.25) is 5.10 Å². The topological polar surface area (TPSA) is 75.7 Å². The van der Waals surface area contributed by atoms with Crippen LogP contribution in [-0.4, -0.2) is 27.3 Å². The number of aromatic nitrogens is 4. The highest BCUT2D eigenvalue weighted by Crippen LogP contribution is 2.24. The van der Waals surface area contributed by atoms with Crippen molar-refractivity contribution in [3.05, 3.63) is 66.7 Å². The summed E-state index contributed by atoms with van der Waals surface area (Å²) in [6.45, 7) is 0.650. The Labute approximate surface area is 144 Å². The molecule has 3 heterocycles. The molecule has 124 valence electrons. The average molecular weight is 331 g/mol. The van der Waals surface area contributed by atoms with E-state index in [1.165, 1.54) is 0 Å². The lowest BCUT2D eigenvalue weighted by Crippen LogP contribution is -2.01. The monoisotopic (exact) mass is 331 g/mol. The third kappa shape index (κ3) is 3.28. The van der Waals surface area contributed by atoms with Gasteiger partial charge in [0.1, 0.15) is 5.82 Å². The van der Waals surface area contributed by atoms with Gasteiger partial charge in [-0.2, -0.15) is 5.10 Å². The van der Waals surface area contributed by atoms with Gasteiger partial charge in [0.15, 0.2) is 0 Å². The molecule has 0 saturated carbocycles. The van der Waals surface area contributed by atoms with Crippen LogP contribution in [0.3, 0.4) is 0 Å². The first kappa shape index (κ1) is 15.1. The summed E-state index contributed by atoms with van der Waals surface area (Å²) in [5.74, 6) is 1.44. The zero-order chi connectivity index (χ0) is 17.1. The fraction of sp³-hybridized carbons (Fsp3) is 0.105. The van der Waals surface area contributed by atoms with Gasteiger partial charge >= 0.3 is 0 Å². The molecule has 25 heavy (non-hydrogen) atoms. The van der Waals surface area contributed by atoms with Gasteiger partial charge in [-0.15, -0.1) is 0 Å². The number of nitrogens with one attached hydrogen (secondary N) is 2. The van der Waals surface area contributed by atoms with Gasteiger partial charge < -0.3 is 10.1 Å². The standard InChI is InChI=1S/C19H17N5O/c1-25-19-5-2-13(9-22-19)8-20-18-7-16-6-14(17-11-23-24-12-17)3-4-15(16)10-21-18/h2-7,9-12H,8H2,1H3,(H,20,21)(H,23,24). The summed E-state index contributed by atoms with van der Waals surface area (Å²) in [5.41, 5.74) is 3.25. The minimum atomic E-state index is 0.611. The molecule has 6 nitrogen and oxygen atoms in total. The lowest BCUT2D eigenvalue weighted by molar-refractivity contribution is 0.397. The van der Waals surface area contributed by atoms with E-state index in [9.17, 15) is 0 Å². The molecule has 0 unspecified atom stereocenters. The molecule has 0 spiro atoms. The number of pyridine rings is 2. The molecule has 0 radical (unpaired) electrons. The van der Waals surface area contributed by atoms with Crippen LogP contribution in [0.4, 0.5) is 5.82 Å². The number of benzene rings is 1. The van der Waals surface area contributed by atoms with Crippen LogP contribution in [0, 0.1) is 0 Å². The number of methoxy groups -OCH3 is 1. The van der Waals surface area contributed by atoms with Crippen molar-refractivity contribution in [1.82, 2.24) is 20.2 Å². The molecule has 0 aliphatic rings. The van der Waals surface area contributed by atoms with Gasteiger partial charge in [-0.25, -0.2) is 9.97 Å². The van der Waals surface area contributed by atoms with Crippen molar-refractivity contribution in [2.45, 2.75) is 6.54 Å². The molecular weight excluding hydrogens is 314 g/mol. The summed E-state index contributed by atoms with van der Waals surface area (Å²) in [7, 11) is 1.61. The molecule has 4 rings (SSSR count). The van der Waals surface area contributed by atoms with Crippen LogP contribution in [0.2, 0.25) is 0 Å². The molecule has 0 aliphatic carbocycles. The summed E-state index contributed by atoms with van der Waals surface area (Å²) in [5, 5.41) is 12.4. The van der Waals surface area contributed by atoms with E-state index in [4.69, 9.17) is 4.74 Å². The minimum absolute atomic E-state index is 0.611. The molecule has 1 aromatic carbocycles. The van der Waals surface area contributed by atoms with Crippen LogP contribution in [0.5, 0.6) is 5.88 Å². The molecule has 4 aromatic rings. The van der Waals surface area contributed by atoms with Crippen molar-refractivity contribution in [2.75, 3.05) is 12.4 Å². The molecule has 0 aliphatic heterocycles. The number of ether oxygens (including phenoxy) is 1. The summed E-state index contributed by atoms with van der Waals surface area (Å²) in [4.78, 5) is 8.68. The Kier molecular flexibility index (Phi) is 4.00. The maximum Gasteiger partial charge on any atom is 0.212 e. The van der Waals surface area contributed by atoms with Crippen LogP contribution < -0.4 is 10.1 Å². The molecule has 2 N–H and O–H groups in total. The molecule has 0 amide bonds. The maximum atomic E-state index is 5.07. The van der Waals surface area contributed by atoms with E-state index in [0.29, 0.717) is 12.4 Å². The lowest BCUT2D eigenvalue weighted by Gasteiger charge is -2.08. The molecular formula is C19H17N5O. The van der Waals surface area contributed by atoms with E-state index in [1.807, 2.05) is 30.7 Å². The highest BCUT2D eigenvalue weighted by atomic mass is 16.5. The third-order valence-corrected chi connectivity index (χ3v) is 4.03. The summed E-state index contributed by atoms with van der Waals surface area (Å²) >= 11 is 0. The van der Waals surface area contributed by atoms with E-state index < -0.39 is 0 Å². The van der Waals surface area contributed by atoms with Crippen LogP contribution in [0.1, 0.15) is 5.56 Å². The highest BCUT2D eigenvalue weighted by Gasteiger charge is 2.03. The zero-order valence-electron chi connectivity index (χ0n) is 13.7. The number of hydrogen-bond donors (Lipinski definition) is 2. The number of hydrogen-bond acceptors (Lipinski definition) is 5. The number of fused-ring (bicyclic) bond motifs is 1. The van der Waals surface area contributed by atoms with E-state index >= 15 is 0 Å². The van der Waals surface area contributed by atoms with Gasteiger partial charge in [0, 0.05) is 42.2 Å². The highest BCUT2D eigenvalue weighted by molar-refractivity contribution is 5.88. The Bertz CT molecular complexity index is 981. The molecule has 0 saturated heterocycles. The average Bonchev–Trinajstić information content (AvgIpc) is 3.21. The van der Waals surface area contributed by atoms with Crippen molar-refractivity contribution in [3.8, 4) is 17.0 Å². The molecule has 3 aromatic heterocycles. The minimum Gasteiger partial charge on any atom is -0.481 e. The molecule has 0 bridgehead atoms. The molecule has 6 heteroatoms. The third-order valence-electron chi connectivity index (χ3n) is 4.03. The first-order valence-corrected chi connectivity index (χ1v) is 7.93. The van der Waals surface area contributed by atoms with E-state index in [1.54, 1.807) is 13.3 Å². The fourth-order valence-corrected chi connectivity index (χ4v) is 2.65. The predicted molar refractivity (Wildman–Crippen MR) is 97.4 cm³/mol. The fourth-order valence-electron chi connectivity index (χ4n) is 2.65. The Morgan fingerprint density at radius 1 is 0.960 bits per heavy atom. The van der Waals surface area contributed by atoms with Gasteiger partial charge in [-0.1, -0.05) is 18.2 Å². The van der Waals surface area contributed by atoms with Gasteiger partial charge in [0.2, 0.25) is 5.88 Å². The number of anilines is 1. The van der Waals surface area contributed by atoms with Crippen molar-refractivity contribution in [3.63, 3.8) is 0 Å². The van der Waals surface area contributed by atoms with Gasteiger partial charge in [-0.05, 0) is 28.6 Å². The van der Waals surface area contributed by atoms with Crippen LogP contribution in [0.15, 0.2) is 61.2 Å².